The maximum Gasteiger partial charge on any atom is 0.286 e. The summed E-state index contributed by atoms with van der Waals surface area (Å²) in [7, 11) is 0. The number of amides is 2. The third-order valence-electron chi connectivity index (χ3n) is 2.30. The third-order valence-corrected chi connectivity index (χ3v) is 3.40. The molecule has 2 rings (SSSR count). The van der Waals surface area contributed by atoms with E-state index in [2.05, 4.69) is 5.32 Å². The molecule has 0 aliphatic carbocycles. The minimum Gasteiger partial charge on any atom is -0.491 e. The van der Waals surface area contributed by atoms with Crippen molar-refractivity contribution in [3.63, 3.8) is 0 Å². The minimum absolute atomic E-state index is 0.149. The summed E-state index contributed by atoms with van der Waals surface area (Å²) in [4.78, 5) is 22.2. The first-order valence-corrected chi connectivity index (χ1v) is 6.02. The van der Waals surface area contributed by atoms with Crippen LogP contribution in [-0.4, -0.2) is 34.2 Å². The Bertz CT molecular complexity index is 465. The van der Waals surface area contributed by atoms with Gasteiger partial charge in [0.15, 0.2) is 0 Å². The van der Waals surface area contributed by atoms with E-state index in [1.165, 1.54) is 24.3 Å². The van der Waals surface area contributed by atoms with Crippen molar-refractivity contribution in [2.45, 2.75) is 11.4 Å². The number of imide groups is 1. The summed E-state index contributed by atoms with van der Waals surface area (Å²) in [6.45, 7) is -0.149. The van der Waals surface area contributed by atoms with Crippen molar-refractivity contribution in [3.05, 3.63) is 30.1 Å². The molecule has 2 unspecified atom stereocenters. The van der Waals surface area contributed by atoms with E-state index in [1.807, 2.05) is 0 Å². The molecule has 0 bridgehead atoms. The van der Waals surface area contributed by atoms with Crippen LogP contribution in [0.3, 0.4) is 0 Å². The summed E-state index contributed by atoms with van der Waals surface area (Å²) in [5, 5.41) is 10.4. The van der Waals surface area contributed by atoms with Crippen molar-refractivity contribution in [1.82, 2.24) is 5.32 Å². The summed E-state index contributed by atoms with van der Waals surface area (Å²) in [6.07, 6.45) is -1.11. The first-order valence-electron chi connectivity index (χ1n) is 5.14. The molecule has 2 amide bonds. The van der Waals surface area contributed by atoms with E-state index in [0.29, 0.717) is 5.75 Å². The molecule has 5 nitrogen and oxygen atoms in total. The van der Waals surface area contributed by atoms with Gasteiger partial charge in [0.05, 0.1) is 0 Å². The number of halogens is 1. The lowest BCUT2D eigenvalue weighted by Gasteiger charge is -2.15. The molecule has 0 spiro atoms. The van der Waals surface area contributed by atoms with Crippen molar-refractivity contribution in [2.24, 2.45) is 0 Å². The van der Waals surface area contributed by atoms with Gasteiger partial charge in [0.2, 0.25) is 5.91 Å². The van der Waals surface area contributed by atoms with Gasteiger partial charge in [0.25, 0.3) is 5.24 Å². The van der Waals surface area contributed by atoms with E-state index >= 15 is 0 Å². The fourth-order valence-electron chi connectivity index (χ4n) is 1.42. The molecule has 96 valence electrons. The summed E-state index contributed by atoms with van der Waals surface area (Å²) in [5.74, 6) is -0.537. The van der Waals surface area contributed by atoms with Crippen molar-refractivity contribution in [3.8, 4) is 5.75 Å². The molecule has 2 atom stereocenters. The molecule has 0 radical (unpaired) electrons. The van der Waals surface area contributed by atoms with E-state index in [4.69, 9.17) is 4.74 Å². The molecule has 0 aromatic heterocycles. The molecule has 1 aromatic rings. The highest BCUT2D eigenvalue weighted by Crippen LogP contribution is 2.22. The van der Waals surface area contributed by atoms with Crippen LogP contribution in [0.2, 0.25) is 0 Å². The smallest absolute Gasteiger partial charge is 0.286 e. The standard InChI is InChI=1S/C11H10FNO4S/c12-6-1-3-7(4-2-6)17-5-8(14)9-10(15)13-11(16)18-9/h1-4,8-9,14H,5H2,(H,13,15,16). The first kappa shape index (κ1) is 12.8. The van der Waals surface area contributed by atoms with E-state index in [0.717, 1.165) is 11.8 Å². The van der Waals surface area contributed by atoms with Crippen molar-refractivity contribution >= 4 is 22.9 Å². The highest BCUT2D eigenvalue weighted by Gasteiger charge is 2.37. The van der Waals surface area contributed by atoms with Crippen molar-refractivity contribution < 1.29 is 23.8 Å². The monoisotopic (exact) mass is 271 g/mol. The minimum atomic E-state index is -1.11. The Morgan fingerprint density at radius 3 is 2.61 bits per heavy atom. The SMILES string of the molecule is O=C1NC(=O)C(C(O)COc2ccc(F)cc2)S1. The number of thioether (sulfide) groups is 1. The number of carbonyl (C=O) groups is 2. The first-order chi connectivity index (χ1) is 8.56. The number of nitrogens with one attached hydrogen (secondary N) is 1. The maximum atomic E-state index is 12.6. The van der Waals surface area contributed by atoms with Gasteiger partial charge in [0.1, 0.15) is 29.5 Å². The molecule has 7 heteroatoms. The maximum absolute atomic E-state index is 12.6. The summed E-state index contributed by atoms with van der Waals surface area (Å²) < 4.78 is 17.8. The number of carbonyl (C=O) groups excluding carboxylic acids is 2. The molecule has 18 heavy (non-hydrogen) atoms. The van der Waals surface area contributed by atoms with Gasteiger partial charge in [-0.1, -0.05) is 0 Å². The molecular weight excluding hydrogens is 261 g/mol. The average molecular weight is 271 g/mol. The Hall–Kier alpha value is -1.60. The van der Waals surface area contributed by atoms with Crippen LogP contribution in [0.25, 0.3) is 0 Å². The fourth-order valence-corrected chi connectivity index (χ4v) is 2.21. The van der Waals surface area contributed by atoms with Gasteiger partial charge in [-0.2, -0.15) is 0 Å². The van der Waals surface area contributed by atoms with E-state index in [-0.39, 0.29) is 12.4 Å². The van der Waals surface area contributed by atoms with E-state index < -0.39 is 22.5 Å². The third kappa shape index (κ3) is 2.99. The van der Waals surface area contributed by atoms with E-state index in [9.17, 15) is 19.1 Å². The zero-order valence-electron chi connectivity index (χ0n) is 9.13. The fraction of sp³-hybridized carbons (Fsp3) is 0.273. The molecular formula is C11H10FNO4S. The molecule has 0 saturated carbocycles. The van der Waals surface area contributed by atoms with Gasteiger partial charge in [-0.3, -0.25) is 14.9 Å². The summed E-state index contributed by atoms with van der Waals surface area (Å²) in [5.41, 5.74) is 0. The number of aliphatic hydroxyl groups excluding tert-OH is 1. The Morgan fingerprint density at radius 1 is 1.39 bits per heavy atom. The van der Waals surface area contributed by atoms with Gasteiger partial charge in [0, 0.05) is 0 Å². The highest BCUT2D eigenvalue weighted by atomic mass is 32.2. The zero-order chi connectivity index (χ0) is 13.1. The quantitative estimate of drug-likeness (QED) is 0.851. The topological polar surface area (TPSA) is 75.6 Å². The van der Waals surface area contributed by atoms with Gasteiger partial charge in [-0.05, 0) is 36.0 Å². The number of ether oxygens (including phenoxy) is 1. The Balaban J connectivity index is 1.88. The Morgan fingerprint density at radius 2 is 2.06 bits per heavy atom. The Kier molecular flexibility index (Phi) is 3.83. The molecule has 2 N–H and O–H groups in total. The largest absolute Gasteiger partial charge is 0.491 e. The molecule has 1 aliphatic heterocycles. The molecule has 1 aromatic carbocycles. The van der Waals surface area contributed by atoms with Gasteiger partial charge in [-0.25, -0.2) is 4.39 Å². The Labute approximate surface area is 106 Å². The van der Waals surface area contributed by atoms with Crippen LogP contribution in [0, 0.1) is 5.82 Å². The second-order valence-electron chi connectivity index (χ2n) is 3.65. The molecule has 1 aliphatic rings. The number of aliphatic hydroxyl groups is 1. The van der Waals surface area contributed by atoms with Crippen LogP contribution in [0.5, 0.6) is 5.75 Å². The van der Waals surface area contributed by atoms with Crippen LogP contribution < -0.4 is 10.1 Å². The average Bonchev–Trinajstić information content (AvgIpc) is 2.67. The molecule has 1 heterocycles. The lowest BCUT2D eigenvalue weighted by Crippen LogP contribution is -2.36. The normalized spacial score (nSPS) is 20.7. The van der Waals surface area contributed by atoms with Crippen LogP contribution in [0.4, 0.5) is 9.18 Å². The van der Waals surface area contributed by atoms with Crippen molar-refractivity contribution in [2.75, 3.05) is 6.61 Å². The predicted molar refractivity (Wildman–Crippen MR) is 62.8 cm³/mol. The summed E-state index contributed by atoms with van der Waals surface area (Å²) in [6, 6.07) is 5.27. The summed E-state index contributed by atoms with van der Waals surface area (Å²) >= 11 is 0.730. The lowest BCUT2D eigenvalue weighted by molar-refractivity contribution is -0.121. The van der Waals surface area contributed by atoms with Crippen molar-refractivity contribution in [1.29, 1.82) is 0 Å². The predicted octanol–water partition coefficient (Wildman–Crippen LogP) is 0.917. The zero-order valence-corrected chi connectivity index (χ0v) is 9.95. The van der Waals surface area contributed by atoms with Gasteiger partial charge < -0.3 is 9.84 Å². The lowest BCUT2D eigenvalue weighted by atomic mass is 10.2. The van der Waals surface area contributed by atoms with Gasteiger partial charge >= 0.3 is 0 Å². The second kappa shape index (κ2) is 5.36. The van der Waals surface area contributed by atoms with Gasteiger partial charge in [-0.15, -0.1) is 0 Å². The number of benzene rings is 1. The van der Waals surface area contributed by atoms with Crippen LogP contribution in [0.1, 0.15) is 0 Å². The second-order valence-corrected chi connectivity index (χ2v) is 4.76. The molecule has 1 fully saturated rings. The number of rotatable bonds is 4. The number of hydrogen-bond donors (Lipinski definition) is 2. The molecule has 1 saturated heterocycles. The van der Waals surface area contributed by atoms with Crippen LogP contribution in [-0.2, 0) is 4.79 Å². The highest BCUT2D eigenvalue weighted by molar-refractivity contribution is 8.15. The van der Waals surface area contributed by atoms with Crippen LogP contribution in [0.15, 0.2) is 24.3 Å². The number of hydrogen-bond acceptors (Lipinski definition) is 5. The van der Waals surface area contributed by atoms with Crippen LogP contribution >= 0.6 is 11.8 Å². The van der Waals surface area contributed by atoms with E-state index in [1.54, 1.807) is 0 Å².